The first-order valence-electron chi connectivity index (χ1n) is 9.62. The molecule has 5 N–H and O–H groups in total. The summed E-state index contributed by atoms with van der Waals surface area (Å²) in [6, 6.07) is 2.43. The molecule has 0 radical (unpaired) electrons. The van der Waals surface area contributed by atoms with Crippen molar-refractivity contribution in [1.29, 1.82) is 0 Å². The Labute approximate surface area is 174 Å². The standard InChI is InChI=1S/C19H27N7O4/c1-24-11-13(22-18(28)16-10-14(12-25(16)2)23-19(20)29)9-15(24)17(27)21-3-4-26-5-7-30-8-6-26/h9-12H,3-8H2,1-2H3,(H,21,27)(H,22,28)(H3,20,23,29). The first-order chi connectivity index (χ1) is 14.3. The van der Waals surface area contributed by atoms with Gasteiger partial charge in [-0.1, -0.05) is 0 Å². The van der Waals surface area contributed by atoms with Gasteiger partial charge in [0.25, 0.3) is 11.8 Å². The van der Waals surface area contributed by atoms with E-state index in [4.69, 9.17) is 10.5 Å². The molecule has 1 aliphatic rings. The van der Waals surface area contributed by atoms with E-state index in [1.165, 1.54) is 6.07 Å². The highest BCUT2D eigenvalue weighted by Crippen LogP contribution is 2.17. The molecule has 11 heteroatoms. The molecule has 3 heterocycles. The molecule has 1 aliphatic heterocycles. The van der Waals surface area contributed by atoms with Crippen molar-refractivity contribution in [3.05, 3.63) is 35.9 Å². The van der Waals surface area contributed by atoms with Gasteiger partial charge in [0.15, 0.2) is 0 Å². The highest BCUT2D eigenvalue weighted by atomic mass is 16.5. The van der Waals surface area contributed by atoms with Crippen molar-refractivity contribution >= 4 is 29.2 Å². The second-order valence-electron chi connectivity index (χ2n) is 7.10. The predicted molar refractivity (Wildman–Crippen MR) is 112 cm³/mol. The molecule has 2 aromatic heterocycles. The summed E-state index contributed by atoms with van der Waals surface area (Å²) in [5.41, 5.74) is 6.78. The maximum Gasteiger partial charge on any atom is 0.316 e. The van der Waals surface area contributed by atoms with Crippen LogP contribution in [0.3, 0.4) is 0 Å². The van der Waals surface area contributed by atoms with Crippen LogP contribution in [0, 0.1) is 0 Å². The molecule has 3 rings (SSSR count). The van der Waals surface area contributed by atoms with E-state index in [-0.39, 0.29) is 11.8 Å². The zero-order chi connectivity index (χ0) is 21.7. The molecule has 0 unspecified atom stereocenters. The number of ether oxygens (including phenoxy) is 1. The fraction of sp³-hybridized carbons (Fsp3) is 0.421. The molecule has 2 aromatic rings. The van der Waals surface area contributed by atoms with Crippen molar-refractivity contribution < 1.29 is 19.1 Å². The number of hydrogen-bond donors (Lipinski definition) is 4. The summed E-state index contributed by atoms with van der Waals surface area (Å²) in [4.78, 5) is 38.3. The van der Waals surface area contributed by atoms with Gasteiger partial charge in [-0.05, 0) is 12.1 Å². The molecule has 0 aliphatic carbocycles. The molecular formula is C19H27N7O4. The minimum atomic E-state index is -0.708. The lowest BCUT2D eigenvalue weighted by molar-refractivity contribution is 0.0383. The van der Waals surface area contributed by atoms with Gasteiger partial charge in [0, 0.05) is 52.7 Å². The average Bonchev–Trinajstić information content (AvgIpc) is 3.24. The summed E-state index contributed by atoms with van der Waals surface area (Å²) in [6.45, 7) is 4.47. The molecule has 0 atom stereocenters. The molecule has 0 spiro atoms. The molecular weight excluding hydrogens is 390 g/mol. The first-order valence-corrected chi connectivity index (χ1v) is 9.62. The quantitative estimate of drug-likeness (QED) is 0.509. The fourth-order valence-electron chi connectivity index (χ4n) is 3.30. The number of morpholine rings is 1. The summed E-state index contributed by atoms with van der Waals surface area (Å²) in [5, 5.41) is 8.09. The van der Waals surface area contributed by atoms with Crippen LogP contribution in [0.15, 0.2) is 24.5 Å². The molecule has 4 amide bonds. The number of rotatable bonds is 7. The lowest BCUT2D eigenvalue weighted by Gasteiger charge is -2.26. The number of primary amides is 1. The van der Waals surface area contributed by atoms with Crippen LogP contribution in [-0.2, 0) is 18.8 Å². The highest BCUT2D eigenvalue weighted by Gasteiger charge is 2.17. The topological polar surface area (TPSA) is 136 Å². The summed E-state index contributed by atoms with van der Waals surface area (Å²) < 4.78 is 8.54. The smallest absolute Gasteiger partial charge is 0.316 e. The summed E-state index contributed by atoms with van der Waals surface area (Å²) in [5.74, 6) is -0.585. The largest absolute Gasteiger partial charge is 0.379 e. The Morgan fingerprint density at radius 1 is 0.967 bits per heavy atom. The van der Waals surface area contributed by atoms with Crippen molar-refractivity contribution in [1.82, 2.24) is 19.4 Å². The van der Waals surface area contributed by atoms with Gasteiger partial charge in [0.1, 0.15) is 11.4 Å². The van der Waals surface area contributed by atoms with E-state index in [2.05, 4.69) is 20.9 Å². The van der Waals surface area contributed by atoms with E-state index in [0.717, 1.165) is 32.8 Å². The second kappa shape index (κ2) is 9.46. The van der Waals surface area contributed by atoms with Gasteiger partial charge in [0.05, 0.1) is 24.6 Å². The number of nitrogens with zero attached hydrogens (tertiary/aromatic N) is 3. The van der Waals surface area contributed by atoms with Gasteiger partial charge in [-0.3, -0.25) is 14.5 Å². The second-order valence-corrected chi connectivity index (χ2v) is 7.10. The van der Waals surface area contributed by atoms with E-state index < -0.39 is 6.03 Å². The average molecular weight is 417 g/mol. The highest BCUT2D eigenvalue weighted by molar-refractivity contribution is 6.05. The molecule has 1 fully saturated rings. The van der Waals surface area contributed by atoms with Crippen LogP contribution in [0.5, 0.6) is 0 Å². The number of aromatic nitrogens is 2. The van der Waals surface area contributed by atoms with Crippen LogP contribution in [0.1, 0.15) is 21.0 Å². The maximum absolute atomic E-state index is 12.6. The Morgan fingerprint density at radius 2 is 1.53 bits per heavy atom. The SMILES string of the molecule is Cn1cc(NC(=O)c2cc(NC(N)=O)cn2C)cc1C(=O)NCCN1CCOCC1. The minimum Gasteiger partial charge on any atom is -0.379 e. The molecule has 0 bridgehead atoms. The van der Waals surface area contributed by atoms with Crippen LogP contribution >= 0.6 is 0 Å². The van der Waals surface area contributed by atoms with E-state index in [0.29, 0.717) is 29.3 Å². The van der Waals surface area contributed by atoms with Crippen LogP contribution in [-0.4, -0.2) is 71.3 Å². The third-order valence-corrected chi connectivity index (χ3v) is 4.82. The Bertz CT molecular complexity index is 927. The Kier molecular flexibility index (Phi) is 6.75. The van der Waals surface area contributed by atoms with Gasteiger partial charge >= 0.3 is 6.03 Å². The predicted octanol–water partition coefficient (Wildman–Crippen LogP) is 0.169. The maximum atomic E-state index is 12.6. The Morgan fingerprint density at radius 3 is 2.13 bits per heavy atom. The summed E-state index contributed by atoms with van der Waals surface area (Å²) in [6.07, 6.45) is 3.25. The number of carbonyl (C=O) groups excluding carboxylic acids is 3. The van der Waals surface area contributed by atoms with Gasteiger partial charge in [-0.25, -0.2) is 4.79 Å². The Hall–Kier alpha value is -3.31. The first kappa shape index (κ1) is 21.4. The zero-order valence-electron chi connectivity index (χ0n) is 17.1. The van der Waals surface area contributed by atoms with Crippen LogP contribution in [0.2, 0.25) is 0 Å². The number of urea groups is 1. The zero-order valence-corrected chi connectivity index (χ0v) is 17.1. The van der Waals surface area contributed by atoms with Crippen LogP contribution in [0.25, 0.3) is 0 Å². The fourth-order valence-corrected chi connectivity index (χ4v) is 3.30. The van der Waals surface area contributed by atoms with Crippen molar-refractivity contribution in [3.8, 4) is 0 Å². The Balaban J connectivity index is 1.57. The molecule has 0 aromatic carbocycles. The van der Waals surface area contributed by atoms with Gasteiger partial charge in [0.2, 0.25) is 0 Å². The van der Waals surface area contributed by atoms with E-state index >= 15 is 0 Å². The molecule has 1 saturated heterocycles. The van der Waals surface area contributed by atoms with Gasteiger partial charge < -0.3 is 35.6 Å². The number of anilines is 2. The molecule has 11 nitrogen and oxygen atoms in total. The van der Waals surface area contributed by atoms with Gasteiger partial charge in [-0.2, -0.15) is 0 Å². The summed E-state index contributed by atoms with van der Waals surface area (Å²) >= 11 is 0. The lowest BCUT2D eigenvalue weighted by atomic mass is 10.3. The molecule has 0 saturated carbocycles. The van der Waals surface area contributed by atoms with E-state index in [1.807, 2.05) is 0 Å². The number of amides is 4. The summed E-state index contributed by atoms with van der Waals surface area (Å²) in [7, 11) is 3.42. The van der Waals surface area contributed by atoms with E-state index in [1.54, 1.807) is 41.7 Å². The minimum absolute atomic E-state index is 0.210. The number of nitrogens with two attached hydrogens (primary N) is 1. The van der Waals surface area contributed by atoms with Crippen molar-refractivity contribution in [3.63, 3.8) is 0 Å². The lowest BCUT2D eigenvalue weighted by Crippen LogP contribution is -2.41. The monoisotopic (exact) mass is 417 g/mol. The van der Waals surface area contributed by atoms with Crippen molar-refractivity contribution in [2.75, 3.05) is 50.0 Å². The van der Waals surface area contributed by atoms with Crippen molar-refractivity contribution in [2.24, 2.45) is 19.8 Å². The number of nitrogens with one attached hydrogen (secondary N) is 3. The number of hydrogen-bond acceptors (Lipinski definition) is 5. The third kappa shape index (κ3) is 5.39. The van der Waals surface area contributed by atoms with Gasteiger partial charge in [-0.15, -0.1) is 0 Å². The van der Waals surface area contributed by atoms with E-state index in [9.17, 15) is 14.4 Å². The van der Waals surface area contributed by atoms with Crippen molar-refractivity contribution in [2.45, 2.75) is 0 Å². The molecule has 162 valence electrons. The third-order valence-electron chi connectivity index (χ3n) is 4.82. The normalized spacial score (nSPS) is 14.3. The molecule has 30 heavy (non-hydrogen) atoms. The van der Waals surface area contributed by atoms with Crippen LogP contribution in [0.4, 0.5) is 16.2 Å². The number of carbonyl (C=O) groups is 3. The number of aryl methyl sites for hydroxylation is 2. The van der Waals surface area contributed by atoms with Crippen LogP contribution < -0.4 is 21.7 Å².